The Labute approximate surface area is 253 Å². The van der Waals surface area contributed by atoms with Gasteiger partial charge in [0.15, 0.2) is 6.29 Å². The second-order valence-electron chi connectivity index (χ2n) is 12.4. The first-order valence-electron chi connectivity index (χ1n) is 15.0. The molecule has 1 amide bonds. The summed E-state index contributed by atoms with van der Waals surface area (Å²) in [7, 11) is 0. The van der Waals surface area contributed by atoms with E-state index >= 15 is 0 Å². The molecule has 2 aliphatic rings. The summed E-state index contributed by atoms with van der Waals surface area (Å²) in [6.45, 7) is 8.94. The molecule has 2 aromatic carbocycles. The molecular weight excluding hydrogens is 552 g/mol. The fourth-order valence-corrected chi connectivity index (χ4v) is 5.63. The molecule has 0 spiro atoms. The summed E-state index contributed by atoms with van der Waals surface area (Å²) >= 11 is 0. The van der Waals surface area contributed by atoms with Crippen LogP contribution in [0.25, 0.3) is 0 Å². The standard InChI is InChI=1S/C33H44N2O8/c1-21-27(19-35-17-7-10-26(35)31(40)43-33(2,3)4)41-32(42-30(21)23-15-13-22(20-36)14-16-23)24-8-5-9-25(18-24)34-28(37)11-6-12-29(38)39/h5,8-9,13-16,18,21,26-27,30,32,36H,6-7,10-12,17,19-20H2,1-4H3,(H,34,37)(H,38,39). The third-order valence-corrected chi connectivity index (χ3v) is 7.82. The molecule has 0 aliphatic carbocycles. The number of ether oxygens (including phenoxy) is 3. The average Bonchev–Trinajstić information content (AvgIpc) is 3.42. The summed E-state index contributed by atoms with van der Waals surface area (Å²) in [5.41, 5.74) is 2.48. The van der Waals surface area contributed by atoms with Crippen molar-refractivity contribution >= 4 is 23.5 Å². The summed E-state index contributed by atoms with van der Waals surface area (Å²) in [4.78, 5) is 38.4. The first-order valence-corrected chi connectivity index (χ1v) is 15.0. The lowest BCUT2D eigenvalue weighted by molar-refractivity contribution is -0.276. The number of hydrogen-bond donors (Lipinski definition) is 3. The van der Waals surface area contributed by atoms with Crippen molar-refractivity contribution in [2.75, 3.05) is 18.4 Å². The number of carbonyl (C=O) groups excluding carboxylic acids is 2. The summed E-state index contributed by atoms with van der Waals surface area (Å²) in [5.74, 6) is -1.48. The molecule has 2 aliphatic heterocycles. The zero-order chi connectivity index (χ0) is 31.1. The molecule has 234 valence electrons. The highest BCUT2D eigenvalue weighted by Crippen LogP contribution is 2.42. The summed E-state index contributed by atoms with van der Waals surface area (Å²) in [6.07, 6.45) is 0.576. The quantitative estimate of drug-likeness (QED) is 0.307. The van der Waals surface area contributed by atoms with Crippen molar-refractivity contribution in [3.63, 3.8) is 0 Å². The van der Waals surface area contributed by atoms with E-state index in [4.69, 9.17) is 19.3 Å². The SMILES string of the molecule is CC1C(CN2CCCC2C(=O)OC(C)(C)C)OC(c2cccc(NC(=O)CCCC(=O)O)c2)OC1c1ccc(CO)cc1. The monoisotopic (exact) mass is 596 g/mol. The Kier molecular flexibility index (Phi) is 10.9. The maximum absolute atomic E-state index is 13.0. The number of esters is 1. The van der Waals surface area contributed by atoms with Gasteiger partial charge in [-0.2, -0.15) is 0 Å². The molecule has 2 aromatic rings. The van der Waals surface area contributed by atoms with Crippen LogP contribution < -0.4 is 5.32 Å². The lowest BCUT2D eigenvalue weighted by Crippen LogP contribution is -2.48. The van der Waals surface area contributed by atoms with Crippen molar-refractivity contribution in [2.24, 2.45) is 5.92 Å². The summed E-state index contributed by atoms with van der Waals surface area (Å²) in [5, 5.41) is 21.2. The Morgan fingerprint density at radius 3 is 2.47 bits per heavy atom. The van der Waals surface area contributed by atoms with Gasteiger partial charge < -0.3 is 29.7 Å². The lowest BCUT2D eigenvalue weighted by atomic mass is 9.90. The molecule has 2 saturated heterocycles. The fraction of sp³-hybridized carbons (Fsp3) is 0.545. The predicted octanol–water partition coefficient (Wildman–Crippen LogP) is 4.97. The Balaban J connectivity index is 1.55. The molecule has 0 aromatic heterocycles. The van der Waals surface area contributed by atoms with Crippen molar-refractivity contribution in [2.45, 2.75) is 96.5 Å². The van der Waals surface area contributed by atoms with Crippen molar-refractivity contribution in [1.82, 2.24) is 4.90 Å². The largest absolute Gasteiger partial charge is 0.481 e. The molecule has 0 radical (unpaired) electrons. The van der Waals surface area contributed by atoms with Crippen molar-refractivity contribution < 1.29 is 38.8 Å². The number of hydrogen-bond acceptors (Lipinski definition) is 8. The van der Waals surface area contributed by atoms with Gasteiger partial charge in [0.05, 0.1) is 18.8 Å². The number of nitrogens with one attached hydrogen (secondary N) is 1. The first-order chi connectivity index (χ1) is 20.4. The topological polar surface area (TPSA) is 135 Å². The van der Waals surface area contributed by atoms with E-state index in [0.29, 0.717) is 12.2 Å². The number of carbonyl (C=O) groups is 3. The zero-order valence-corrected chi connectivity index (χ0v) is 25.5. The second kappa shape index (κ2) is 14.4. The summed E-state index contributed by atoms with van der Waals surface area (Å²) < 4.78 is 18.9. The van der Waals surface area contributed by atoms with Crippen LogP contribution in [0.1, 0.15) is 88.9 Å². The molecule has 5 unspecified atom stereocenters. The van der Waals surface area contributed by atoms with E-state index in [1.807, 2.05) is 57.2 Å². The van der Waals surface area contributed by atoms with Crippen molar-refractivity contribution in [1.29, 1.82) is 0 Å². The first kappa shape index (κ1) is 32.6. The maximum Gasteiger partial charge on any atom is 0.323 e. The highest BCUT2D eigenvalue weighted by Gasteiger charge is 2.42. The van der Waals surface area contributed by atoms with Gasteiger partial charge in [0.25, 0.3) is 0 Å². The number of aliphatic carboxylic acids is 1. The van der Waals surface area contributed by atoms with E-state index in [1.54, 1.807) is 12.1 Å². The van der Waals surface area contributed by atoms with Gasteiger partial charge in [-0.15, -0.1) is 0 Å². The Bertz CT molecular complexity index is 1260. The van der Waals surface area contributed by atoms with Gasteiger partial charge in [-0.25, -0.2) is 0 Å². The minimum absolute atomic E-state index is 0.0500. The molecule has 10 heteroatoms. The second-order valence-corrected chi connectivity index (χ2v) is 12.4. The molecule has 3 N–H and O–H groups in total. The molecule has 2 heterocycles. The number of nitrogens with zero attached hydrogens (tertiary/aromatic N) is 1. The molecule has 4 rings (SSSR count). The third-order valence-electron chi connectivity index (χ3n) is 7.82. The van der Waals surface area contributed by atoms with Gasteiger partial charge in [-0.1, -0.05) is 43.3 Å². The molecule has 5 atom stereocenters. The molecule has 0 saturated carbocycles. The number of carboxylic acids is 1. The maximum atomic E-state index is 13.0. The Morgan fingerprint density at radius 1 is 1.05 bits per heavy atom. The number of benzene rings is 2. The molecule has 2 fully saturated rings. The van der Waals surface area contributed by atoms with E-state index < -0.39 is 17.9 Å². The number of aliphatic hydroxyl groups excluding tert-OH is 1. The van der Waals surface area contributed by atoms with Gasteiger partial charge in [-0.3, -0.25) is 19.3 Å². The smallest absolute Gasteiger partial charge is 0.323 e. The van der Waals surface area contributed by atoms with Crippen LogP contribution in [0.15, 0.2) is 48.5 Å². The van der Waals surface area contributed by atoms with E-state index in [9.17, 15) is 19.5 Å². The lowest BCUT2D eigenvalue weighted by Gasteiger charge is -2.43. The van der Waals surface area contributed by atoms with Gasteiger partial charge in [0.2, 0.25) is 5.91 Å². The number of aliphatic hydroxyl groups is 1. The van der Waals surface area contributed by atoms with Crippen LogP contribution in [0, 0.1) is 5.92 Å². The summed E-state index contributed by atoms with van der Waals surface area (Å²) in [6, 6.07) is 14.6. The highest BCUT2D eigenvalue weighted by molar-refractivity contribution is 5.91. The van der Waals surface area contributed by atoms with Crippen molar-refractivity contribution in [3.8, 4) is 0 Å². The van der Waals surface area contributed by atoms with Crippen LogP contribution >= 0.6 is 0 Å². The number of amides is 1. The van der Waals surface area contributed by atoms with Crippen LogP contribution in [0.4, 0.5) is 5.69 Å². The molecule has 43 heavy (non-hydrogen) atoms. The van der Waals surface area contributed by atoms with E-state index in [0.717, 1.165) is 36.1 Å². The Hall–Kier alpha value is -3.31. The van der Waals surface area contributed by atoms with Crippen LogP contribution in [-0.2, 0) is 35.2 Å². The minimum Gasteiger partial charge on any atom is -0.481 e. The Morgan fingerprint density at radius 2 is 1.79 bits per heavy atom. The third kappa shape index (κ3) is 9.09. The van der Waals surface area contributed by atoms with E-state index in [2.05, 4.69) is 17.1 Å². The van der Waals surface area contributed by atoms with Gasteiger partial charge >= 0.3 is 11.9 Å². The van der Waals surface area contributed by atoms with Crippen LogP contribution in [0.2, 0.25) is 0 Å². The van der Waals surface area contributed by atoms with Gasteiger partial charge in [0, 0.05) is 36.6 Å². The van der Waals surface area contributed by atoms with Gasteiger partial charge in [-0.05, 0) is 69.8 Å². The van der Waals surface area contributed by atoms with Crippen LogP contribution in [-0.4, -0.2) is 63.8 Å². The highest BCUT2D eigenvalue weighted by atomic mass is 16.7. The van der Waals surface area contributed by atoms with Crippen LogP contribution in [0.3, 0.4) is 0 Å². The zero-order valence-electron chi connectivity index (χ0n) is 25.5. The molecular formula is C33H44N2O8. The normalized spacial score (nSPS) is 24.4. The van der Waals surface area contributed by atoms with Crippen molar-refractivity contribution in [3.05, 3.63) is 65.2 Å². The fourth-order valence-electron chi connectivity index (χ4n) is 5.63. The molecule has 10 nitrogen and oxygen atoms in total. The minimum atomic E-state index is -0.933. The number of likely N-dealkylation sites (tertiary alicyclic amines) is 1. The number of anilines is 1. The van der Waals surface area contributed by atoms with E-state index in [1.165, 1.54) is 0 Å². The van der Waals surface area contributed by atoms with E-state index in [-0.39, 0.29) is 61.9 Å². The van der Waals surface area contributed by atoms with Gasteiger partial charge in [0.1, 0.15) is 11.6 Å². The average molecular weight is 597 g/mol. The number of carboxylic acid groups (broad SMARTS) is 1. The van der Waals surface area contributed by atoms with Crippen LogP contribution in [0.5, 0.6) is 0 Å². The predicted molar refractivity (Wildman–Crippen MR) is 160 cm³/mol. The number of rotatable bonds is 11. The molecule has 0 bridgehead atoms.